The number of carbonyl (C=O) groups is 2. The van der Waals surface area contributed by atoms with Gasteiger partial charge in [0.15, 0.2) is 5.82 Å². The van der Waals surface area contributed by atoms with Gasteiger partial charge < -0.3 is 25.2 Å². The van der Waals surface area contributed by atoms with Crippen LogP contribution in [0.2, 0.25) is 0 Å². The number of carbonyl (C=O) groups excluding carboxylic acids is 2. The van der Waals surface area contributed by atoms with Crippen molar-refractivity contribution in [2.45, 2.75) is 18.6 Å². The number of hydrogen-bond acceptors (Lipinski definition) is 8. The predicted molar refractivity (Wildman–Crippen MR) is 122 cm³/mol. The molecule has 0 aliphatic carbocycles. The third kappa shape index (κ3) is 4.89. The Morgan fingerprint density at radius 3 is 3.00 bits per heavy atom. The Labute approximate surface area is 190 Å². The van der Waals surface area contributed by atoms with Crippen LogP contribution in [0.4, 0.5) is 22.1 Å². The number of ether oxygens (including phenoxy) is 1. The summed E-state index contributed by atoms with van der Waals surface area (Å²) in [6.45, 7) is 4.87. The highest BCUT2D eigenvalue weighted by atomic mass is 16.5. The normalized spacial score (nSPS) is 17.2. The molecule has 3 amide bonds. The Bertz CT molecular complexity index is 1050. The number of pyridine rings is 2. The zero-order valence-electron chi connectivity index (χ0n) is 18.0. The number of hydrogen-bond donors (Lipinski definition) is 4. The fourth-order valence-corrected chi connectivity index (χ4v) is 3.84. The molecule has 4 heterocycles. The van der Waals surface area contributed by atoms with Crippen molar-refractivity contribution in [1.82, 2.24) is 15.3 Å². The van der Waals surface area contributed by atoms with E-state index in [1.54, 1.807) is 23.1 Å². The highest BCUT2D eigenvalue weighted by Crippen LogP contribution is 2.39. The molecule has 1 saturated heterocycles. The Morgan fingerprint density at radius 1 is 1.36 bits per heavy atom. The monoisotopic (exact) mass is 454 g/mol. The second kappa shape index (κ2) is 9.84. The van der Waals surface area contributed by atoms with Gasteiger partial charge in [-0.2, -0.15) is 0 Å². The van der Waals surface area contributed by atoms with Crippen LogP contribution in [-0.2, 0) is 0 Å². The van der Waals surface area contributed by atoms with Gasteiger partial charge in [0.05, 0.1) is 18.3 Å². The lowest BCUT2D eigenvalue weighted by atomic mass is 10.1. The summed E-state index contributed by atoms with van der Waals surface area (Å²) >= 11 is 0. The first kappa shape index (κ1) is 22.5. The minimum Gasteiger partial charge on any atom is -0.491 e. The van der Waals surface area contributed by atoms with E-state index >= 15 is 0 Å². The van der Waals surface area contributed by atoms with E-state index in [1.807, 2.05) is 6.07 Å². The number of nitrogens with one attached hydrogen (secondary N) is 2. The minimum atomic E-state index is -1.00. The van der Waals surface area contributed by atoms with Crippen molar-refractivity contribution in [3.63, 3.8) is 0 Å². The van der Waals surface area contributed by atoms with E-state index in [1.165, 1.54) is 12.3 Å². The number of aliphatic hydroxyl groups is 2. The fraction of sp³-hybridized carbons (Fsp3) is 0.364. The van der Waals surface area contributed by atoms with Crippen molar-refractivity contribution < 1.29 is 24.5 Å². The molecular formula is C22H26N6O5. The van der Waals surface area contributed by atoms with E-state index in [4.69, 9.17) is 9.84 Å². The van der Waals surface area contributed by atoms with Crippen LogP contribution in [0.25, 0.3) is 0 Å². The van der Waals surface area contributed by atoms with Gasteiger partial charge in [-0.25, -0.2) is 14.8 Å². The van der Waals surface area contributed by atoms with Crippen molar-refractivity contribution in [3.8, 4) is 5.75 Å². The summed E-state index contributed by atoms with van der Waals surface area (Å²) in [5, 5.41) is 23.8. The highest BCUT2D eigenvalue weighted by Gasteiger charge is 2.40. The number of urea groups is 1. The highest BCUT2D eigenvalue weighted by molar-refractivity contribution is 6.05. The molecule has 2 aliphatic rings. The van der Waals surface area contributed by atoms with Crippen LogP contribution in [0.3, 0.4) is 0 Å². The maximum absolute atomic E-state index is 13.3. The quantitative estimate of drug-likeness (QED) is 0.429. The average molecular weight is 454 g/mol. The number of rotatable bonds is 8. The molecule has 2 aromatic heterocycles. The summed E-state index contributed by atoms with van der Waals surface area (Å²) in [5.74, 6) is 0.726. The Hall–Kier alpha value is -3.70. The standard InChI is InChI=1S/C22H26N6O5/c1-2-7-24-21(31)17-3-4-18-20(25-17)28(14-6-9-27(18)11-14)22(32)26-19-10-16(5-8-23-19)33-13-15(30)12-29/h2-5,8,10,14-15,29-30H,1,6-7,9,11-13H2,(H,24,31)(H,23,26,32)/t14-,15+/m0/s1. The SMILES string of the molecule is C=CCNC(=O)c1ccc2c(n1)N(C(=O)Nc1cc(OC[C@H](O)CO)ccn1)[C@H]1CCN2C1. The summed E-state index contributed by atoms with van der Waals surface area (Å²) in [7, 11) is 0. The average Bonchev–Trinajstić information content (AvgIpc) is 3.25. The second-order valence-electron chi connectivity index (χ2n) is 7.75. The molecule has 2 aromatic rings. The van der Waals surface area contributed by atoms with Crippen molar-refractivity contribution in [3.05, 3.63) is 48.8 Å². The molecule has 2 aliphatic heterocycles. The van der Waals surface area contributed by atoms with Crippen molar-refractivity contribution in [2.24, 2.45) is 0 Å². The number of amides is 3. The second-order valence-corrected chi connectivity index (χ2v) is 7.75. The van der Waals surface area contributed by atoms with Crippen LogP contribution >= 0.6 is 0 Å². The van der Waals surface area contributed by atoms with Gasteiger partial charge in [-0.1, -0.05) is 6.08 Å². The topological polar surface area (TPSA) is 140 Å². The number of fused-ring (bicyclic) bond motifs is 4. The zero-order valence-corrected chi connectivity index (χ0v) is 18.0. The summed E-state index contributed by atoms with van der Waals surface area (Å²) in [6.07, 6.45) is 2.82. The van der Waals surface area contributed by atoms with Crippen LogP contribution in [0.1, 0.15) is 16.9 Å². The van der Waals surface area contributed by atoms with Crippen LogP contribution in [0.5, 0.6) is 5.75 Å². The predicted octanol–water partition coefficient (Wildman–Crippen LogP) is 0.755. The van der Waals surface area contributed by atoms with E-state index in [0.29, 0.717) is 24.7 Å². The molecule has 0 aromatic carbocycles. The molecule has 0 saturated carbocycles. The van der Waals surface area contributed by atoms with E-state index in [0.717, 1.165) is 18.7 Å². The first-order chi connectivity index (χ1) is 16.0. The van der Waals surface area contributed by atoms with Gasteiger partial charge in [-0.3, -0.25) is 15.0 Å². The lowest BCUT2D eigenvalue weighted by Gasteiger charge is -2.35. The van der Waals surface area contributed by atoms with E-state index in [2.05, 4.69) is 32.1 Å². The number of nitrogens with zero attached hydrogens (tertiary/aromatic N) is 4. The first-order valence-electron chi connectivity index (χ1n) is 10.6. The molecule has 11 heteroatoms. The molecule has 0 radical (unpaired) electrons. The summed E-state index contributed by atoms with van der Waals surface area (Å²) in [5.41, 5.74) is 1.01. The largest absolute Gasteiger partial charge is 0.491 e. The van der Waals surface area contributed by atoms with Gasteiger partial charge in [0.2, 0.25) is 0 Å². The summed E-state index contributed by atoms with van der Waals surface area (Å²) in [4.78, 5) is 38.1. The lowest BCUT2D eigenvalue weighted by Crippen LogP contribution is -2.48. The van der Waals surface area contributed by atoms with Gasteiger partial charge in [-0.15, -0.1) is 6.58 Å². The third-order valence-corrected chi connectivity index (χ3v) is 5.43. The van der Waals surface area contributed by atoms with E-state index in [9.17, 15) is 14.7 Å². The minimum absolute atomic E-state index is 0.0874. The maximum Gasteiger partial charge on any atom is 0.329 e. The molecule has 33 heavy (non-hydrogen) atoms. The van der Waals surface area contributed by atoms with Crippen LogP contribution < -0.4 is 25.2 Å². The Kier molecular flexibility index (Phi) is 6.71. The molecule has 11 nitrogen and oxygen atoms in total. The fourth-order valence-electron chi connectivity index (χ4n) is 3.84. The molecule has 4 rings (SSSR count). The van der Waals surface area contributed by atoms with E-state index < -0.39 is 18.7 Å². The number of aromatic nitrogens is 2. The Morgan fingerprint density at radius 2 is 2.21 bits per heavy atom. The maximum atomic E-state index is 13.3. The lowest BCUT2D eigenvalue weighted by molar-refractivity contribution is 0.0536. The molecule has 4 N–H and O–H groups in total. The summed E-state index contributed by atoms with van der Waals surface area (Å²) in [6, 6.07) is 6.07. The molecule has 2 bridgehead atoms. The van der Waals surface area contributed by atoms with Crippen molar-refractivity contribution in [1.29, 1.82) is 0 Å². The molecule has 0 spiro atoms. The smallest absolute Gasteiger partial charge is 0.329 e. The molecule has 1 fully saturated rings. The molecular weight excluding hydrogens is 428 g/mol. The van der Waals surface area contributed by atoms with Crippen molar-refractivity contribution in [2.75, 3.05) is 48.0 Å². The third-order valence-electron chi connectivity index (χ3n) is 5.43. The molecule has 2 atom stereocenters. The first-order valence-corrected chi connectivity index (χ1v) is 10.6. The Balaban J connectivity index is 1.55. The summed E-state index contributed by atoms with van der Waals surface area (Å²) < 4.78 is 5.42. The van der Waals surface area contributed by atoms with Gasteiger partial charge >= 0.3 is 6.03 Å². The molecule has 174 valence electrons. The zero-order chi connectivity index (χ0) is 23.4. The van der Waals surface area contributed by atoms with Crippen LogP contribution in [0, 0.1) is 0 Å². The van der Waals surface area contributed by atoms with Gasteiger partial charge in [0.25, 0.3) is 5.91 Å². The van der Waals surface area contributed by atoms with Gasteiger partial charge in [0.1, 0.15) is 30.0 Å². The van der Waals surface area contributed by atoms with Gasteiger partial charge in [0, 0.05) is 31.9 Å². The van der Waals surface area contributed by atoms with E-state index in [-0.39, 0.29) is 30.1 Å². The number of aliphatic hydroxyl groups excluding tert-OH is 2. The van der Waals surface area contributed by atoms with Crippen LogP contribution in [0.15, 0.2) is 43.1 Å². The van der Waals surface area contributed by atoms with Gasteiger partial charge in [-0.05, 0) is 24.6 Å². The number of anilines is 3. The van der Waals surface area contributed by atoms with Crippen LogP contribution in [-0.4, -0.2) is 77.1 Å². The van der Waals surface area contributed by atoms with Crippen molar-refractivity contribution >= 4 is 29.3 Å². The molecule has 0 unspecified atom stereocenters.